The summed E-state index contributed by atoms with van der Waals surface area (Å²) in [5.41, 5.74) is 6.33. The van der Waals surface area contributed by atoms with Crippen LogP contribution in [-0.2, 0) is 4.79 Å². The molecule has 0 bridgehead atoms. The first-order valence-corrected chi connectivity index (χ1v) is 7.49. The van der Waals surface area contributed by atoms with Crippen LogP contribution in [-0.4, -0.2) is 19.1 Å². The zero-order valence-corrected chi connectivity index (χ0v) is 11.9. The molecule has 1 aromatic rings. The van der Waals surface area contributed by atoms with Crippen molar-refractivity contribution in [1.29, 1.82) is 0 Å². The van der Waals surface area contributed by atoms with Gasteiger partial charge in [-0.05, 0) is 24.5 Å². The fourth-order valence-corrected chi connectivity index (χ4v) is 2.67. The van der Waals surface area contributed by atoms with Crippen LogP contribution in [0.25, 0.3) is 0 Å². The van der Waals surface area contributed by atoms with Crippen molar-refractivity contribution in [2.24, 2.45) is 5.92 Å². The third-order valence-corrected chi connectivity index (χ3v) is 3.81. The van der Waals surface area contributed by atoms with E-state index in [1.165, 1.54) is 25.7 Å². The van der Waals surface area contributed by atoms with Gasteiger partial charge in [0.1, 0.15) is 5.75 Å². The van der Waals surface area contributed by atoms with Crippen molar-refractivity contribution in [3.63, 3.8) is 0 Å². The molecule has 110 valence electrons. The predicted octanol–water partition coefficient (Wildman–Crippen LogP) is 2.73. The summed E-state index contributed by atoms with van der Waals surface area (Å²) in [6, 6.07) is 7.25. The Bertz CT molecular complexity index is 428. The molecule has 0 radical (unpaired) electrons. The second kappa shape index (κ2) is 7.78. The first-order valence-electron chi connectivity index (χ1n) is 7.49. The average molecular weight is 276 g/mol. The SMILES string of the molecule is Nc1cccc(OCCC(=O)NCCC2CCCC2)c1. The van der Waals surface area contributed by atoms with Gasteiger partial charge >= 0.3 is 0 Å². The van der Waals surface area contributed by atoms with E-state index in [1.807, 2.05) is 18.2 Å². The number of hydrogen-bond donors (Lipinski definition) is 2. The van der Waals surface area contributed by atoms with Gasteiger partial charge in [-0.3, -0.25) is 4.79 Å². The summed E-state index contributed by atoms with van der Waals surface area (Å²) < 4.78 is 5.50. The Morgan fingerprint density at radius 3 is 2.90 bits per heavy atom. The van der Waals surface area contributed by atoms with Crippen LogP contribution in [0.2, 0.25) is 0 Å². The first kappa shape index (κ1) is 14.7. The molecular formula is C16H24N2O2. The van der Waals surface area contributed by atoms with Crippen molar-refractivity contribution in [2.45, 2.75) is 38.5 Å². The van der Waals surface area contributed by atoms with Crippen LogP contribution >= 0.6 is 0 Å². The molecule has 4 heteroatoms. The number of amides is 1. The summed E-state index contributed by atoms with van der Waals surface area (Å²) >= 11 is 0. The first-order chi connectivity index (χ1) is 9.74. The lowest BCUT2D eigenvalue weighted by Crippen LogP contribution is -2.26. The van der Waals surface area contributed by atoms with Crippen LogP contribution in [0.1, 0.15) is 38.5 Å². The molecule has 0 aromatic heterocycles. The maximum atomic E-state index is 11.7. The number of nitrogens with one attached hydrogen (secondary N) is 1. The Morgan fingerprint density at radius 2 is 2.15 bits per heavy atom. The molecule has 0 heterocycles. The van der Waals surface area contributed by atoms with E-state index < -0.39 is 0 Å². The fraction of sp³-hybridized carbons (Fsp3) is 0.562. The van der Waals surface area contributed by atoms with Crippen LogP contribution < -0.4 is 15.8 Å². The zero-order chi connectivity index (χ0) is 14.2. The smallest absolute Gasteiger partial charge is 0.223 e. The zero-order valence-electron chi connectivity index (χ0n) is 11.9. The van der Waals surface area contributed by atoms with Gasteiger partial charge in [0, 0.05) is 18.3 Å². The number of carbonyl (C=O) groups is 1. The highest BCUT2D eigenvalue weighted by molar-refractivity contribution is 5.75. The van der Waals surface area contributed by atoms with E-state index in [4.69, 9.17) is 10.5 Å². The molecular weight excluding hydrogens is 252 g/mol. The van der Waals surface area contributed by atoms with Crippen molar-refractivity contribution in [3.05, 3.63) is 24.3 Å². The van der Waals surface area contributed by atoms with Crippen molar-refractivity contribution in [2.75, 3.05) is 18.9 Å². The molecule has 0 unspecified atom stereocenters. The highest BCUT2D eigenvalue weighted by Crippen LogP contribution is 2.26. The minimum Gasteiger partial charge on any atom is -0.493 e. The maximum absolute atomic E-state index is 11.7. The largest absolute Gasteiger partial charge is 0.493 e. The van der Waals surface area contributed by atoms with Gasteiger partial charge in [-0.15, -0.1) is 0 Å². The van der Waals surface area contributed by atoms with Crippen LogP contribution in [0, 0.1) is 5.92 Å². The molecule has 0 atom stereocenters. The summed E-state index contributed by atoms with van der Waals surface area (Å²) in [5, 5.41) is 2.96. The van der Waals surface area contributed by atoms with E-state index in [9.17, 15) is 4.79 Å². The third-order valence-electron chi connectivity index (χ3n) is 3.81. The van der Waals surface area contributed by atoms with Gasteiger partial charge in [0.15, 0.2) is 0 Å². The molecule has 0 spiro atoms. The molecule has 3 N–H and O–H groups in total. The minimum absolute atomic E-state index is 0.0619. The second-order valence-electron chi connectivity index (χ2n) is 5.46. The Hall–Kier alpha value is -1.71. The predicted molar refractivity (Wildman–Crippen MR) is 80.6 cm³/mol. The van der Waals surface area contributed by atoms with E-state index >= 15 is 0 Å². The Balaban J connectivity index is 1.55. The van der Waals surface area contributed by atoms with Gasteiger partial charge in [0.2, 0.25) is 5.91 Å². The summed E-state index contributed by atoms with van der Waals surface area (Å²) in [6.07, 6.45) is 6.86. The van der Waals surface area contributed by atoms with Crippen molar-refractivity contribution in [3.8, 4) is 5.75 Å². The number of nitrogen functional groups attached to an aromatic ring is 1. The van der Waals surface area contributed by atoms with Crippen LogP contribution in [0.5, 0.6) is 5.75 Å². The van der Waals surface area contributed by atoms with Gasteiger partial charge in [0.05, 0.1) is 13.0 Å². The summed E-state index contributed by atoms with van der Waals surface area (Å²) in [6.45, 7) is 1.18. The van der Waals surface area contributed by atoms with Crippen molar-refractivity contribution >= 4 is 11.6 Å². The van der Waals surface area contributed by atoms with Crippen LogP contribution in [0.3, 0.4) is 0 Å². The molecule has 2 rings (SSSR count). The highest BCUT2D eigenvalue weighted by atomic mass is 16.5. The molecule has 1 aliphatic rings. The molecule has 1 saturated carbocycles. The van der Waals surface area contributed by atoms with E-state index in [1.54, 1.807) is 6.07 Å². The average Bonchev–Trinajstić information content (AvgIpc) is 2.92. The Labute approximate surface area is 120 Å². The van der Waals surface area contributed by atoms with Crippen LogP contribution in [0.4, 0.5) is 5.69 Å². The Kier molecular flexibility index (Phi) is 5.71. The molecule has 4 nitrogen and oxygen atoms in total. The lowest BCUT2D eigenvalue weighted by molar-refractivity contribution is -0.121. The molecule has 20 heavy (non-hydrogen) atoms. The molecule has 1 fully saturated rings. The quantitative estimate of drug-likeness (QED) is 0.753. The summed E-state index contributed by atoms with van der Waals surface area (Å²) in [5.74, 6) is 1.59. The molecule has 0 aliphatic heterocycles. The van der Waals surface area contributed by atoms with Crippen molar-refractivity contribution in [1.82, 2.24) is 5.32 Å². The van der Waals surface area contributed by atoms with Gasteiger partial charge in [-0.1, -0.05) is 31.7 Å². The van der Waals surface area contributed by atoms with Gasteiger partial charge < -0.3 is 15.8 Å². The lowest BCUT2D eigenvalue weighted by Gasteiger charge is -2.10. The van der Waals surface area contributed by atoms with Crippen molar-refractivity contribution < 1.29 is 9.53 Å². The van der Waals surface area contributed by atoms with Gasteiger partial charge in [0.25, 0.3) is 0 Å². The number of rotatable bonds is 7. The number of hydrogen-bond acceptors (Lipinski definition) is 3. The second-order valence-corrected chi connectivity index (χ2v) is 5.46. The van der Waals surface area contributed by atoms with E-state index in [0.29, 0.717) is 24.5 Å². The fourth-order valence-electron chi connectivity index (χ4n) is 2.67. The van der Waals surface area contributed by atoms with E-state index in [0.717, 1.165) is 18.9 Å². The standard InChI is InChI=1S/C16H24N2O2/c17-14-6-3-7-15(12-14)20-11-9-16(19)18-10-8-13-4-1-2-5-13/h3,6-7,12-13H,1-2,4-5,8-11,17H2,(H,18,19). The normalized spacial score (nSPS) is 15.2. The van der Waals surface area contributed by atoms with E-state index in [2.05, 4.69) is 5.32 Å². The maximum Gasteiger partial charge on any atom is 0.223 e. The summed E-state index contributed by atoms with van der Waals surface area (Å²) in [4.78, 5) is 11.7. The molecule has 0 saturated heterocycles. The number of anilines is 1. The molecule has 1 aliphatic carbocycles. The number of nitrogens with two attached hydrogens (primary N) is 1. The van der Waals surface area contributed by atoms with E-state index in [-0.39, 0.29) is 5.91 Å². The van der Waals surface area contributed by atoms with Crippen LogP contribution in [0.15, 0.2) is 24.3 Å². The number of benzene rings is 1. The monoisotopic (exact) mass is 276 g/mol. The topological polar surface area (TPSA) is 64.3 Å². The summed E-state index contributed by atoms with van der Waals surface area (Å²) in [7, 11) is 0. The lowest BCUT2D eigenvalue weighted by atomic mass is 10.0. The van der Waals surface area contributed by atoms with Gasteiger partial charge in [-0.2, -0.15) is 0 Å². The minimum atomic E-state index is 0.0619. The Morgan fingerprint density at radius 1 is 1.35 bits per heavy atom. The molecule has 1 aromatic carbocycles. The highest BCUT2D eigenvalue weighted by Gasteiger charge is 2.14. The number of ether oxygens (including phenoxy) is 1. The number of carbonyl (C=O) groups excluding carboxylic acids is 1. The van der Waals surface area contributed by atoms with Gasteiger partial charge in [-0.25, -0.2) is 0 Å². The molecule has 1 amide bonds. The third kappa shape index (κ3) is 5.11.